The van der Waals surface area contributed by atoms with Crippen molar-refractivity contribution < 1.29 is 4.42 Å². The molecule has 2 heteroatoms. The molecular formula is C57H39NO. The van der Waals surface area contributed by atoms with Crippen molar-refractivity contribution in [1.29, 1.82) is 0 Å². The predicted octanol–water partition coefficient (Wildman–Crippen LogP) is 14.8. The molecule has 12 rings (SSSR count). The van der Waals surface area contributed by atoms with Gasteiger partial charge in [-0.25, -0.2) is 0 Å². The van der Waals surface area contributed by atoms with Crippen LogP contribution in [0.1, 0.15) is 45.9 Å². The molecule has 10 aromatic rings. The molecule has 0 saturated heterocycles. The summed E-state index contributed by atoms with van der Waals surface area (Å²) in [5.74, 6) is 0. The quantitative estimate of drug-likeness (QED) is 0.168. The van der Waals surface area contributed by atoms with Crippen molar-refractivity contribution in [1.82, 2.24) is 0 Å². The van der Waals surface area contributed by atoms with Gasteiger partial charge in [-0.2, -0.15) is 0 Å². The number of fused-ring (bicyclic) bond motifs is 9. The van der Waals surface area contributed by atoms with Gasteiger partial charge >= 0.3 is 0 Å². The molecule has 2 aliphatic rings. The first kappa shape index (κ1) is 33.7. The van der Waals surface area contributed by atoms with E-state index in [0.29, 0.717) is 0 Å². The Morgan fingerprint density at radius 3 is 1.54 bits per heavy atom. The number of furan rings is 1. The van der Waals surface area contributed by atoms with Crippen molar-refractivity contribution >= 4 is 39.0 Å². The summed E-state index contributed by atoms with van der Waals surface area (Å²) in [6, 6.07) is 80.0. The van der Waals surface area contributed by atoms with Gasteiger partial charge in [-0.3, -0.25) is 0 Å². The summed E-state index contributed by atoms with van der Waals surface area (Å²) in [6.45, 7) is 2.40. The van der Waals surface area contributed by atoms with Crippen LogP contribution in [0.5, 0.6) is 0 Å². The van der Waals surface area contributed by atoms with Crippen LogP contribution in [0, 0.1) is 0 Å². The Balaban J connectivity index is 1.20. The van der Waals surface area contributed by atoms with Crippen LogP contribution in [0.3, 0.4) is 0 Å². The molecule has 2 nitrogen and oxygen atoms in total. The van der Waals surface area contributed by atoms with Gasteiger partial charge in [0.15, 0.2) is 0 Å². The highest BCUT2D eigenvalue weighted by Crippen LogP contribution is 2.60. The van der Waals surface area contributed by atoms with E-state index in [4.69, 9.17) is 4.42 Å². The third-order valence-electron chi connectivity index (χ3n) is 13.2. The van der Waals surface area contributed by atoms with Gasteiger partial charge in [0.2, 0.25) is 0 Å². The minimum absolute atomic E-state index is 0.534. The molecule has 0 radical (unpaired) electrons. The highest BCUT2D eigenvalue weighted by Gasteiger charge is 2.48. The second-order valence-electron chi connectivity index (χ2n) is 16.1. The molecule has 0 atom stereocenters. The number of rotatable bonds is 6. The van der Waals surface area contributed by atoms with Crippen LogP contribution in [0.25, 0.3) is 44.2 Å². The number of hydrogen-bond acceptors (Lipinski definition) is 2. The standard InChI is InChI=1S/C57H39NO/c1-56(48-29-15-11-25-42(48)43-26-12-16-30-49(43)56)54-52(36-35-47-46-28-14-18-32-53(46)59-55(47)54)58(40-23-9-4-10-24-40)41-33-34-45-44-27-13-17-31-50(44)57(51(45)37-41,38-19-5-2-6-20-38)39-21-7-3-8-22-39/h2-37H,1H3. The summed E-state index contributed by atoms with van der Waals surface area (Å²) in [5.41, 5.74) is 17.8. The lowest BCUT2D eigenvalue weighted by Gasteiger charge is -2.37. The highest BCUT2D eigenvalue weighted by molar-refractivity contribution is 6.09. The molecule has 0 fully saturated rings. The fourth-order valence-corrected chi connectivity index (χ4v) is 10.7. The van der Waals surface area contributed by atoms with Gasteiger partial charge in [0, 0.05) is 33.1 Å². The Morgan fingerprint density at radius 2 is 0.898 bits per heavy atom. The van der Waals surface area contributed by atoms with Crippen molar-refractivity contribution in [3.63, 3.8) is 0 Å². The fraction of sp³-hybridized carbons (Fsp3) is 0.0526. The zero-order valence-corrected chi connectivity index (χ0v) is 32.6. The average molecular weight is 754 g/mol. The zero-order valence-electron chi connectivity index (χ0n) is 32.6. The van der Waals surface area contributed by atoms with Crippen molar-refractivity contribution in [2.45, 2.75) is 17.8 Å². The number of hydrogen-bond donors (Lipinski definition) is 0. The Hall–Kier alpha value is -7.42. The van der Waals surface area contributed by atoms with Crippen molar-refractivity contribution in [2.24, 2.45) is 0 Å². The Labute approximate surface area is 344 Å². The van der Waals surface area contributed by atoms with Crippen LogP contribution in [-0.4, -0.2) is 0 Å². The number of anilines is 3. The van der Waals surface area contributed by atoms with E-state index in [1.54, 1.807) is 0 Å². The predicted molar refractivity (Wildman–Crippen MR) is 243 cm³/mol. The van der Waals surface area contributed by atoms with E-state index < -0.39 is 10.8 Å². The van der Waals surface area contributed by atoms with Crippen molar-refractivity contribution in [3.05, 3.63) is 257 Å². The van der Waals surface area contributed by atoms with E-state index in [0.717, 1.165) is 44.6 Å². The normalized spacial score (nSPS) is 14.1. The summed E-state index contributed by atoms with van der Waals surface area (Å²) in [6.07, 6.45) is 0. The van der Waals surface area contributed by atoms with E-state index in [2.05, 4.69) is 230 Å². The minimum atomic E-state index is -0.548. The first-order valence-electron chi connectivity index (χ1n) is 20.5. The molecule has 0 spiro atoms. The Bertz CT molecular complexity index is 3150. The molecule has 0 amide bonds. The monoisotopic (exact) mass is 753 g/mol. The smallest absolute Gasteiger partial charge is 0.141 e. The van der Waals surface area contributed by atoms with Crippen LogP contribution in [0.2, 0.25) is 0 Å². The lowest BCUT2D eigenvalue weighted by molar-refractivity contribution is 0.638. The molecule has 278 valence electrons. The summed E-state index contributed by atoms with van der Waals surface area (Å²) >= 11 is 0. The molecular weight excluding hydrogens is 715 g/mol. The van der Waals surface area contributed by atoms with Crippen LogP contribution < -0.4 is 4.90 Å². The lowest BCUT2D eigenvalue weighted by atomic mass is 9.67. The number of para-hydroxylation sites is 2. The second kappa shape index (κ2) is 12.8. The van der Waals surface area contributed by atoms with E-state index in [-0.39, 0.29) is 0 Å². The summed E-state index contributed by atoms with van der Waals surface area (Å²) in [7, 11) is 0. The summed E-state index contributed by atoms with van der Waals surface area (Å²) in [5, 5.41) is 2.24. The van der Waals surface area contributed by atoms with Gasteiger partial charge in [-0.15, -0.1) is 0 Å². The first-order chi connectivity index (χ1) is 29.2. The van der Waals surface area contributed by atoms with Gasteiger partial charge in [-0.1, -0.05) is 176 Å². The maximum absolute atomic E-state index is 7.09. The molecule has 0 bridgehead atoms. The lowest BCUT2D eigenvalue weighted by Crippen LogP contribution is -2.29. The fourth-order valence-electron chi connectivity index (χ4n) is 10.7. The van der Waals surface area contributed by atoms with Gasteiger partial charge in [0.05, 0.1) is 11.1 Å². The molecule has 0 aliphatic heterocycles. The van der Waals surface area contributed by atoms with Crippen molar-refractivity contribution in [2.75, 3.05) is 4.90 Å². The maximum Gasteiger partial charge on any atom is 0.141 e. The highest BCUT2D eigenvalue weighted by atomic mass is 16.3. The van der Waals surface area contributed by atoms with E-state index in [9.17, 15) is 0 Å². The van der Waals surface area contributed by atoms with Crippen LogP contribution >= 0.6 is 0 Å². The Kier molecular flexibility index (Phi) is 7.31. The molecule has 0 unspecified atom stereocenters. The summed E-state index contributed by atoms with van der Waals surface area (Å²) < 4.78 is 7.09. The van der Waals surface area contributed by atoms with Gasteiger partial charge in [0.25, 0.3) is 0 Å². The maximum atomic E-state index is 7.09. The van der Waals surface area contributed by atoms with Crippen LogP contribution in [0.4, 0.5) is 17.1 Å². The zero-order chi connectivity index (χ0) is 39.1. The minimum Gasteiger partial charge on any atom is -0.456 e. The first-order valence-corrected chi connectivity index (χ1v) is 20.5. The van der Waals surface area contributed by atoms with Gasteiger partial charge in [-0.05, 0) is 105 Å². The third-order valence-corrected chi connectivity index (χ3v) is 13.2. The van der Waals surface area contributed by atoms with Crippen LogP contribution in [-0.2, 0) is 10.8 Å². The van der Waals surface area contributed by atoms with Gasteiger partial charge in [0.1, 0.15) is 11.2 Å². The van der Waals surface area contributed by atoms with E-state index >= 15 is 0 Å². The molecule has 1 heterocycles. The Morgan fingerprint density at radius 1 is 0.390 bits per heavy atom. The van der Waals surface area contributed by atoms with Crippen molar-refractivity contribution in [3.8, 4) is 22.3 Å². The van der Waals surface area contributed by atoms with E-state index in [1.807, 2.05) is 0 Å². The summed E-state index contributed by atoms with van der Waals surface area (Å²) in [4.78, 5) is 2.47. The molecule has 1 aromatic heterocycles. The topological polar surface area (TPSA) is 16.4 Å². The van der Waals surface area contributed by atoms with Gasteiger partial charge < -0.3 is 9.32 Å². The van der Waals surface area contributed by atoms with E-state index in [1.165, 1.54) is 55.6 Å². The van der Waals surface area contributed by atoms with Crippen LogP contribution in [0.15, 0.2) is 223 Å². The average Bonchev–Trinajstić information content (AvgIpc) is 3.92. The molecule has 0 saturated carbocycles. The largest absolute Gasteiger partial charge is 0.456 e. The number of benzene rings is 9. The third kappa shape index (κ3) is 4.63. The molecule has 2 aliphatic carbocycles. The number of nitrogens with zero attached hydrogens (tertiary/aromatic N) is 1. The molecule has 59 heavy (non-hydrogen) atoms. The second-order valence-corrected chi connectivity index (χ2v) is 16.1. The molecule has 0 N–H and O–H groups in total. The SMILES string of the molecule is CC1(c2c(N(c3ccccc3)c3ccc4c(c3)C(c3ccccc3)(c3ccccc3)c3ccccc3-4)ccc3c2oc2ccccc23)c2ccccc2-c2ccccc21. The molecule has 9 aromatic carbocycles.